The molecule has 0 saturated carbocycles. The number of hydrogen-bond acceptors (Lipinski definition) is 6. The fourth-order valence-electron chi connectivity index (χ4n) is 3.23. The van der Waals surface area contributed by atoms with Crippen LogP contribution in [0, 0.1) is 10.1 Å². The first-order valence-corrected chi connectivity index (χ1v) is 8.58. The number of pyridine rings is 1. The second kappa shape index (κ2) is 7.03. The third kappa shape index (κ3) is 2.92. The summed E-state index contributed by atoms with van der Waals surface area (Å²) in [6.45, 7) is 0. The predicted molar refractivity (Wildman–Crippen MR) is 104 cm³/mol. The van der Waals surface area contributed by atoms with Gasteiger partial charge in [-0.3, -0.25) is 0 Å². The Kier molecular flexibility index (Phi) is 4.40. The lowest BCUT2D eigenvalue weighted by Gasteiger charge is -2.20. The van der Waals surface area contributed by atoms with Gasteiger partial charge in [-0.15, -0.1) is 0 Å². The first-order chi connectivity index (χ1) is 13.6. The van der Waals surface area contributed by atoms with Gasteiger partial charge in [0.25, 0.3) is 0 Å². The van der Waals surface area contributed by atoms with Crippen molar-refractivity contribution in [3.8, 4) is 5.75 Å². The molecule has 0 spiro atoms. The summed E-state index contributed by atoms with van der Waals surface area (Å²) in [4.78, 5) is 20.2. The van der Waals surface area contributed by atoms with Crippen molar-refractivity contribution in [2.45, 2.75) is 6.04 Å². The van der Waals surface area contributed by atoms with Gasteiger partial charge in [0.05, 0.1) is 13.3 Å². The van der Waals surface area contributed by atoms with Gasteiger partial charge in [-0.2, -0.15) is 9.38 Å². The number of fused-ring (bicyclic) bond motifs is 1. The highest BCUT2D eigenvalue weighted by molar-refractivity contribution is 5.63. The summed E-state index contributed by atoms with van der Waals surface area (Å²) < 4.78 is 8.80. The second-order valence-electron chi connectivity index (χ2n) is 6.19. The third-order valence-corrected chi connectivity index (χ3v) is 4.53. The van der Waals surface area contributed by atoms with Crippen LogP contribution in [0.25, 0.3) is 5.65 Å². The van der Waals surface area contributed by atoms with Gasteiger partial charge in [0.1, 0.15) is 17.6 Å². The monoisotopic (exact) mass is 378 g/mol. The van der Waals surface area contributed by atoms with Crippen molar-refractivity contribution in [3.05, 3.63) is 82.6 Å². The molecule has 0 aliphatic heterocycles. The SMILES string of the molecule is COc1ccccc1C(Nc1nc2ccccn2c1[N+](=O)[O-])c1nccn1C. The van der Waals surface area contributed by atoms with Gasteiger partial charge in [-0.1, -0.05) is 24.3 Å². The number of aromatic nitrogens is 4. The molecule has 0 amide bonds. The van der Waals surface area contributed by atoms with E-state index in [1.165, 1.54) is 4.40 Å². The highest BCUT2D eigenvalue weighted by atomic mass is 16.6. The average Bonchev–Trinajstić information content (AvgIpc) is 3.29. The van der Waals surface area contributed by atoms with Crippen molar-refractivity contribution in [1.29, 1.82) is 0 Å². The number of anilines is 1. The van der Waals surface area contributed by atoms with Crippen molar-refractivity contribution >= 4 is 17.3 Å². The smallest absolute Gasteiger partial charge is 0.372 e. The quantitative estimate of drug-likeness (QED) is 0.409. The lowest BCUT2D eigenvalue weighted by molar-refractivity contribution is -0.389. The van der Waals surface area contributed by atoms with Gasteiger partial charge in [0.2, 0.25) is 11.5 Å². The Morgan fingerprint density at radius 3 is 2.68 bits per heavy atom. The van der Waals surface area contributed by atoms with E-state index in [0.717, 1.165) is 5.56 Å². The zero-order valence-electron chi connectivity index (χ0n) is 15.3. The summed E-state index contributed by atoms with van der Waals surface area (Å²) in [6.07, 6.45) is 5.11. The van der Waals surface area contributed by atoms with E-state index in [0.29, 0.717) is 17.2 Å². The van der Waals surface area contributed by atoms with E-state index in [9.17, 15) is 10.1 Å². The fourth-order valence-corrected chi connectivity index (χ4v) is 3.23. The Hall–Kier alpha value is -3.88. The van der Waals surface area contributed by atoms with Crippen molar-refractivity contribution < 1.29 is 9.66 Å². The minimum absolute atomic E-state index is 0.135. The van der Waals surface area contributed by atoms with Crippen molar-refractivity contribution in [1.82, 2.24) is 18.9 Å². The molecule has 0 radical (unpaired) electrons. The number of methoxy groups -OCH3 is 1. The number of rotatable bonds is 6. The van der Waals surface area contributed by atoms with Crippen LogP contribution in [-0.2, 0) is 7.05 Å². The number of para-hydroxylation sites is 1. The highest BCUT2D eigenvalue weighted by Gasteiger charge is 2.28. The molecule has 0 fully saturated rings. The van der Waals surface area contributed by atoms with E-state index in [1.54, 1.807) is 37.7 Å². The van der Waals surface area contributed by atoms with E-state index < -0.39 is 11.0 Å². The molecule has 0 aliphatic rings. The molecule has 1 atom stereocenters. The number of nitrogens with one attached hydrogen (secondary N) is 1. The molecule has 3 aromatic heterocycles. The number of ether oxygens (including phenoxy) is 1. The Bertz CT molecular complexity index is 1150. The predicted octanol–water partition coefficient (Wildman–Crippen LogP) is 3.19. The summed E-state index contributed by atoms with van der Waals surface area (Å²) in [5.74, 6) is 1.35. The van der Waals surface area contributed by atoms with Crippen LogP contribution in [-0.4, -0.2) is 31.0 Å². The summed E-state index contributed by atoms with van der Waals surface area (Å²) in [5, 5.41) is 15.0. The zero-order valence-corrected chi connectivity index (χ0v) is 15.3. The largest absolute Gasteiger partial charge is 0.496 e. The van der Waals surface area contributed by atoms with Crippen molar-refractivity contribution in [2.75, 3.05) is 12.4 Å². The van der Waals surface area contributed by atoms with E-state index in [2.05, 4.69) is 15.3 Å². The highest BCUT2D eigenvalue weighted by Crippen LogP contribution is 2.35. The Labute approximate surface area is 160 Å². The van der Waals surface area contributed by atoms with Crippen LogP contribution in [0.4, 0.5) is 11.6 Å². The van der Waals surface area contributed by atoms with Crippen LogP contribution in [0.2, 0.25) is 0 Å². The molecule has 142 valence electrons. The molecule has 4 aromatic rings. The fraction of sp³-hybridized carbons (Fsp3) is 0.158. The topological polar surface area (TPSA) is 99.5 Å². The molecule has 9 nitrogen and oxygen atoms in total. The Morgan fingerprint density at radius 1 is 1.18 bits per heavy atom. The molecule has 9 heteroatoms. The molecule has 1 aromatic carbocycles. The third-order valence-electron chi connectivity index (χ3n) is 4.53. The summed E-state index contributed by atoms with van der Waals surface area (Å²) >= 11 is 0. The molecule has 1 unspecified atom stereocenters. The zero-order chi connectivity index (χ0) is 19.7. The van der Waals surface area contributed by atoms with Crippen LogP contribution in [0.1, 0.15) is 17.4 Å². The molecule has 3 heterocycles. The van der Waals surface area contributed by atoms with Gasteiger partial charge >= 0.3 is 5.82 Å². The number of nitro groups is 1. The lowest BCUT2D eigenvalue weighted by atomic mass is 10.0. The van der Waals surface area contributed by atoms with Gasteiger partial charge in [0, 0.05) is 31.1 Å². The molecule has 0 aliphatic carbocycles. The summed E-state index contributed by atoms with van der Waals surface area (Å²) in [5.41, 5.74) is 1.28. The normalized spacial score (nSPS) is 12.1. The number of aryl methyl sites for hydroxylation is 1. The van der Waals surface area contributed by atoms with E-state index in [1.807, 2.05) is 42.1 Å². The average molecular weight is 378 g/mol. The maximum Gasteiger partial charge on any atom is 0.372 e. The summed E-state index contributed by atoms with van der Waals surface area (Å²) in [7, 11) is 3.45. The Morgan fingerprint density at radius 2 is 1.96 bits per heavy atom. The molecular weight excluding hydrogens is 360 g/mol. The minimum atomic E-state index is -0.500. The molecule has 28 heavy (non-hydrogen) atoms. The van der Waals surface area contributed by atoms with Crippen LogP contribution in [0.3, 0.4) is 0 Å². The van der Waals surface area contributed by atoms with Crippen molar-refractivity contribution in [3.63, 3.8) is 0 Å². The standard InChI is InChI=1S/C19H18N6O3/c1-23-12-10-20-18(23)16(13-7-3-4-8-14(13)28-2)22-17-19(25(26)27)24-11-6-5-9-15(24)21-17/h3-12,16,22H,1-2H3. The Balaban J connectivity index is 1.88. The maximum atomic E-state index is 11.8. The molecule has 4 rings (SSSR count). The first-order valence-electron chi connectivity index (χ1n) is 8.58. The molecule has 1 N–H and O–H groups in total. The van der Waals surface area contributed by atoms with Crippen LogP contribution in [0.5, 0.6) is 5.75 Å². The lowest BCUT2D eigenvalue weighted by Crippen LogP contribution is -2.18. The van der Waals surface area contributed by atoms with Crippen LogP contribution in [0.15, 0.2) is 61.1 Å². The maximum absolute atomic E-state index is 11.8. The van der Waals surface area contributed by atoms with E-state index in [-0.39, 0.29) is 11.6 Å². The van der Waals surface area contributed by atoms with Gasteiger partial charge in [0.15, 0.2) is 0 Å². The summed E-state index contributed by atoms with van der Waals surface area (Å²) in [6, 6.07) is 12.2. The number of benzene rings is 1. The van der Waals surface area contributed by atoms with E-state index >= 15 is 0 Å². The second-order valence-corrected chi connectivity index (χ2v) is 6.19. The first kappa shape index (κ1) is 17.5. The van der Waals surface area contributed by atoms with Gasteiger partial charge in [-0.25, -0.2) is 4.98 Å². The number of hydrogen-bond donors (Lipinski definition) is 1. The minimum Gasteiger partial charge on any atom is -0.496 e. The molecule has 0 bridgehead atoms. The molecular formula is C19H18N6O3. The van der Waals surface area contributed by atoms with Crippen LogP contribution < -0.4 is 10.1 Å². The van der Waals surface area contributed by atoms with Crippen LogP contribution >= 0.6 is 0 Å². The van der Waals surface area contributed by atoms with E-state index in [4.69, 9.17) is 4.74 Å². The van der Waals surface area contributed by atoms with Crippen molar-refractivity contribution in [2.24, 2.45) is 7.05 Å². The number of nitrogens with zero attached hydrogens (tertiary/aromatic N) is 5. The van der Waals surface area contributed by atoms with Gasteiger partial charge < -0.3 is 24.7 Å². The molecule has 0 saturated heterocycles. The number of imidazole rings is 2. The van der Waals surface area contributed by atoms with Gasteiger partial charge in [-0.05, 0) is 17.1 Å².